The van der Waals surface area contributed by atoms with Crippen molar-refractivity contribution in [2.75, 3.05) is 40.5 Å². The lowest BCUT2D eigenvalue weighted by Gasteiger charge is -2.31. The zero-order valence-electron chi connectivity index (χ0n) is 12.0. The number of amides is 1. The third-order valence-corrected chi connectivity index (χ3v) is 3.51. The monoisotopic (exact) mass is 294 g/mol. The van der Waals surface area contributed by atoms with E-state index in [9.17, 15) is 4.79 Å². The summed E-state index contributed by atoms with van der Waals surface area (Å²) in [6, 6.07) is 0.180. The van der Waals surface area contributed by atoms with Gasteiger partial charge in [-0.2, -0.15) is 0 Å². The van der Waals surface area contributed by atoms with Crippen molar-refractivity contribution in [2.45, 2.75) is 31.7 Å². The van der Waals surface area contributed by atoms with Gasteiger partial charge in [-0.25, -0.2) is 0 Å². The van der Waals surface area contributed by atoms with Crippen molar-refractivity contribution in [3.8, 4) is 0 Å². The number of ether oxygens (including phenoxy) is 2. The molecule has 0 saturated heterocycles. The normalized spacial score (nSPS) is 22.7. The summed E-state index contributed by atoms with van der Waals surface area (Å²) in [5.74, 6) is 0.293. The Morgan fingerprint density at radius 1 is 1.21 bits per heavy atom. The average Bonchev–Trinajstić information content (AvgIpc) is 2.38. The Bertz CT molecular complexity index is 246. The van der Waals surface area contributed by atoms with E-state index in [2.05, 4.69) is 0 Å². The summed E-state index contributed by atoms with van der Waals surface area (Å²) in [6.45, 7) is 2.39. The fraction of sp³-hybridized carbons (Fsp3) is 0.923. The fourth-order valence-corrected chi connectivity index (χ4v) is 2.45. The van der Waals surface area contributed by atoms with Crippen LogP contribution in [-0.2, 0) is 14.3 Å². The number of nitrogens with two attached hydrogens (primary N) is 1. The largest absolute Gasteiger partial charge is 0.383 e. The molecule has 0 aromatic carbocycles. The highest BCUT2D eigenvalue weighted by Crippen LogP contribution is 2.24. The van der Waals surface area contributed by atoms with E-state index in [1.807, 2.05) is 4.90 Å². The Morgan fingerprint density at radius 3 is 2.26 bits per heavy atom. The minimum Gasteiger partial charge on any atom is -0.383 e. The number of carbonyl (C=O) groups excluding carboxylic acids is 1. The standard InChI is InChI=1S/C13H26N2O3.ClH/c1-17-8-6-15(7-9-18-2)13(16)11-4-3-5-12(14)10-11;/h11-12H,3-10,14H2,1-2H3;1H. The van der Waals surface area contributed by atoms with Gasteiger partial charge in [-0.15, -0.1) is 12.4 Å². The minimum atomic E-state index is 0. The molecule has 1 saturated carbocycles. The summed E-state index contributed by atoms with van der Waals surface area (Å²) in [5, 5.41) is 0. The van der Waals surface area contributed by atoms with Crippen molar-refractivity contribution in [1.29, 1.82) is 0 Å². The van der Waals surface area contributed by atoms with Gasteiger partial charge in [-0.1, -0.05) is 6.42 Å². The van der Waals surface area contributed by atoms with Crippen LogP contribution in [0.15, 0.2) is 0 Å². The maximum Gasteiger partial charge on any atom is 0.225 e. The molecular formula is C13H27ClN2O3. The van der Waals surface area contributed by atoms with Crippen molar-refractivity contribution in [1.82, 2.24) is 4.90 Å². The Hall–Kier alpha value is -0.360. The van der Waals surface area contributed by atoms with Gasteiger partial charge in [-0.3, -0.25) is 4.79 Å². The molecule has 6 heteroatoms. The summed E-state index contributed by atoms with van der Waals surface area (Å²) in [5.41, 5.74) is 5.94. The zero-order valence-corrected chi connectivity index (χ0v) is 12.8. The maximum atomic E-state index is 12.4. The van der Waals surface area contributed by atoms with Crippen LogP contribution in [0.25, 0.3) is 0 Å². The third-order valence-electron chi connectivity index (χ3n) is 3.51. The lowest BCUT2D eigenvalue weighted by molar-refractivity contribution is -0.138. The second-order valence-corrected chi connectivity index (χ2v) is 4.93. The molecule has 0 aromatic rings. The van der Waals surface area contributed by atoms with Gasteiger partial charge in [0.2, 0.25) is 5.91 Å². The van der Waals surface area contributed by atoms with E-state index >= 15 is 0 Å². The molecule has 1 aliphatic carbocycles. The molecule has 2 atom stereocenters. The van der Waals surface area contributed by atoms with Gasteiger partial charge in [0.15, 0.2) is 0 Å². The first kappa shape index (κ1) is 18.6. The number of rotatable bonds is 7. The predicted molar refractivity (Wildman–Crippen MR) is 77.5 cm³/mol. The molecular weight excluding hydrogens is 268 g/mol. The molecule has 0 aromatic heterocycles. The molecule has 19 heavy (non-hydrogen) atoms. The number of carbonyl (C=O) groups is 1. The van der Waals surface area contributed by atoms with Gasteiger partial charge < -0.3 is 20.1 Å². The van der Waals surface area contributed by atoms with E-state index in [1.165, 1.54) is 0 Å². The van der Waals surface area contributed by atoms with Crippen molar-refractivity contribution in [3.63, 3.8) is 0 Å². The van der Waals surface area contributed by atoms with Crippen LogP contribution in [-0.4, -0.2) is 57.4 Å². The van der Waals surface area contributed by atoms with Gasteiger partial charge in [0.1, 0.15) is 0 Å². The Labute approximate surface area is 122 Å². The number of methoxy groups -OCH3 is 2. The van der Waals surface area contributed by atoms with Crippen LogP contribution >= 0.6 is 12.4 Å². The van der Waals surface area contributed by atoms with E-state index < -0.39 is 0 Å². The van der Waals surface area contributed by atoms with Crippen LogP contribution in [0.5, 0.6) is 0 Å². The lowest BCUT2D eigenvalue weighted by atomic mass is 9.85. The topological polar surface area (TPSA) is 64.8 Å². The van der Waals surface area contributed by atoms with Crippen molar-refractivity contribution >= 4 is 18.3 Å². The summed E-state index contributed by atoms with van der Waals surface area (Å²) in [7, 11) is 3.30. The smallest absolute Gasteiger partial charge is 0.225 e. The molecule has 1 aliphatic rings. The minimum absolute atomic E-state index is 0. The first-order chi connectivity index (χ1) is 8.69. The molecule has 114 valence electrons. The summed E-state index contributed by atoms with van der Waals surface area (Å²) in [6.07, 6.45) is 3.87. The molecule has 5 nitrogen and oxygen atoms in total. The van der Waals surface area contributed by atoms with Crippen LogP contribution in [0.1, 0.15) is 25.7 Å². The number of hydrogen-bond acceptors (Lipinski definition) is 4. The maximum absolute atomic E-state index is 12.4. The van der Waals surface area contributed by atoms with Gasteiger partial charge in [0.25, 0.3) is 0 Å². The van der Waals surface area contributed by atoms with Crippen molar-refractivity contribution < 1.29 is 14.3 Å². The van der Waals surface area contributed by atoms with Gasteiger partial charge in [0.05, 0.1) is 13.2 Å². The van der Waals surface area contributed by atoms with Gasteiger partial charge in [-0.05, 0) is 19.3 Å². The number of halogens is 1. The lowest BCUT2D eigenvalue weighted by Crippen LogP contribution is -2.43. The second kappa shape index (κ2) is 10.4. The molecule has 0 spiro atoms. The van der Waals surface area contributed by atoms with Crippen LogP contribution in [0, 0.1) is 5.92 Å². The Kier molecular flexibility index (Phi) is 10.2. The van der Waals surface area contributed by atoms with E-state index in [0.29, 0.717) is 26.3 Å². The van der Waals surface area contributed by atoms with Crippen LogP contribution < -0.4 is 5.73 Å². The average molecular weight is 295 g/mol. The van der Waals surface area contributed by atoms with Crippen molar-refractivity contribution in [2.24, 2.45) is 11.7 Å². The molecule has 0 bridgehead atoms. The summed E-state index contributed by atoms with van der Waals surface area (Å²) in [4.78, 5) is 14.3. The molecule has 1 rings (SSSR count). The summed E-state index contributed by atoms with van der Waals surface area (Å²) >= 11 is 0. The van der Waals surface area contributed by atoms with Gasteiger partial charge >= 0.3 is 0 Å². The number of hydrogen-bond donors (Lipinski definition) is 1. The SMILES string of the molecule is COCCN(CCOC)C(=O)C1CCCC(N)C1.Cl. The van der Waals surface area contributed by atoms with E-state index in [1.54, 1.807) is 14.2 Å². The highest BCUT2D eigenvalue weighted by Gasteiger charge is 2.28. The van der Waals surface area contributed by atoms with E-state index in [0.717, 1.165) is 25.7 Å². The third kappa shape index (κ3) is 6.56. The summed E-state index contributed by atoms with van der Waals surface area (Å²) < 4.78 is 10.1. The Balaban J connectivity index is 0.00000324. The highest BCUT2D eigenvalue weighted by molar-refractivity contribution is 5.85. The quantitative estimate of drug-likeness (QED) is 0.762. The highest BCUT2D eigenvalue weighted by atomic mass is 35.5. The fourth-order valence-electron chi connectivity index (χ4n) is 2.45. The number of nitrogens with zero attached hydrogens (tertiary/aromatic N) is 1. The van der Waals surface area contributed by atoms with E-state index in [4.69, 9.17) is 15.2 Å². The van der Waals surface area contributed by atoms with Crippen LogP contribution in [0.2, 0.25) is 0 Å². The molecule has 0 radical (unpaired) electrons. The van der Waals surface area contributed by atoms with Gasteiger partial charge in [0, 0.05) is 39.3 Å². The van der Waals surface area contributed by atoms with E-state index in [-0.39, 0.29) is 30.3 Å². The molecule has 2 N–H and O–H groups in total. The molecule has 2 unspecified atom stereocenters. The molecule has 0 heterocycles. The Morgan fingerprint density at radius 2 is 1.79 bits per heavy atom. The predicted octanol–water partition coefficient (Wildman–Crippen LogP) is 1.05. The van der Waals surface area contributed by atoms with Crippen LogP contribution in [0.3, 0.4) is 0 Å². The zero-order chi connectivity index (χ0) is 13.4. The van der Waals surface area contributed by atoms with Crippen LogP contribution in [0.4, 0.5) is 0 Å². The molecule has 1 amide bonds. The van der Waals surface area contributed by atoms with Crippen molar-refractivity contribution in [3.05, 3.63) is 0 Å². The first-order valence-electron chi connectivity index (χ1n) is 6.71. The molecule has 1 fully saturated rings. The first-order valence-corrected chi connectivity index (χ1v) is 6.71. The second-order valence-electron chi connectivity index (χ2n) is 4.93. The molecule has 0 aliphatic heterocycles.